The van der Waals surface area contributed by atoms with Crippen LogP contribution in [0, 0.1) is 5.92 Å². The lowest BCUT2D eigenvalue weighted by Crippen LogP contribution is -2.38. The molecule has 0 saturated heterocycles. The number of halogens is 2. The number of nitrogens with one attached hydrogen (secondary N) is 1. The van der Waals surface area contributed by atoms with Gasteiger partial charge >= 0.3 is 0 Å². The van der Waals surface area contributed by atoms with Gasteiger partial charge in [0.15, 0.2) is 0 Å². The van der Waals surface area contributed by atoms with Crippen molar-refractivity contribution in [3.8, 4) is 0 Å². The molecule has 1 atom stereocenters. The summed E-state index contributed by atoms with van der Waals surface area (Å²) in [5.41, 5.74) is 0.0990. The summed E-state index contributed by atoms with van der Waals surface area (Å²) in [4.78, 5) is 0. The SMILES string of the molecule is CC(C)C(C)(O)CNc1ccc(Br)cc1Cl. The van der Waals surface area contributed by atoms with Crippen LogP contribution in [0.5, 0.6) is 0 Å². The van der Waals surface area contributed by atoms with Crippen LogP contribution in [0.25, 0.3) is 0 Å². The second kappa shape index (κ2) is 5.39. The van der Waals surface area contributed by atoms with Crippen molar-refractivity contribution < 1.29 is 5.11 Å². The molecular formula is C12H17BrClNO. The van der Waals surface area contributed by atoms with E-state index in [9.17, 15) is 5.11 Å². The Kier molecular flexibility index (Phi) is 4.65. The maximum absolute atomic E-state index is 10.1. The molecule has 2 nitrogen and oxygen atoms in total. The lowest BCUT2D eigenvalue weighted by Gasteiger charge is -2.28. The van der Waals surface area contributed by atoms with E-state index in [-0.39, 0.29) is 5.92 Å². The van der Waals surface area contributed by atoms with Gasteiger partial charge in [0.25, 0.3) is 0 Å². The molecule has 0 amide bonds. The van der Waals surface area contributed by atoms with Gasteiger partial charge in [0.1, 0.15) is 0 Å². The van der Waals surface area contributed by atoms with E-state index >= 15 is 0 Å². The van der Waals surface area contributed by atoms with Gasteiger partial charge in [-0.15, -0.1) is 0 Å². The highest BCUT2D eigenvalue weighted by Gasteiger charge is 2.24. The fraction of sp³-hybridized carbons (Fsp3) is 0.500. The molecule has 1 rings (SSSR count). The first-order valence-electron chi connectivity index (χ1n) is 5.24. The zero-order valence-electron chi connectivity index (χ0n) is 9.72. The highest BCUT2D eigenvalue weighted by Crippen LogP contribution is 2.26. The number of hydrogen-bond donors (Lipinski definition) is 2. The molecule has 0 saturated carbocycles. The highest BCUT2D eigenvalue weighted by molar-refractivity contribution is 9.10. The fourth-order valence-electron chi connectivity index (χ4n) is 1.11. The van der Waals surface area contributed by atoms with Crippen LogP contribution in [0.2, 0.25) is 5.02 Å². The van der Waals surface area contributed by atoms with Gasteiger partial charge in [-0.2, -0.15) is 0 Å². The van der Waals surface area contributed by atoms with Crippen molar-refractivity contribution in [2.24, 2.45) is 5.92 Å². The van der Waals surface area contributed by atoms with E-state index in [4.69, 9.17) is 11.6 Å². The standard InChI is InChI=1S/C12H17BrClNO/c1-8(2)12(3,16)7-15-11-5-4-9(13)6-10(11)14/h4-6,8,15-16H,7H2,1-3H3. The summed E-state index contributed by atoms with van der Waals surface area (Å²) in [7, 11) is 0. The Morgan fingerprint density at radius 1 is 1.50 bits per heavy atom. The van der Waals surface area contributed by atoms with Crippen LogP contribution in [0.15, 0.2) is 22.7 Å². The highest BCUT2D eigenvalue weighted by atomic mass is 79.9. The molecule has 4 heteroatoms. The average molecular weight is 307 g/mol. The van der Waals surface area contributed by atoms with Gasteiger partial charge in [-0.3, -0.25) is 0 Å². The van der Waals surface area contributed by atoms with Crippen LogP contribution < -0.4 is 5.32 Å². The van der Waals surface area contributed by atoms with Crippen LogP contribution in [0.1, 0.15) is 20.8 Å². The van der Waals surface area contributed by atoms with E-state index in [0.29, 0.717) is 11.6 Å². The molecule has 0 aliphatic carbocycles. The Balaban J connectivity index is 2.68. The quantitative estimate of drug-likeness (QED) is 0.883. The molecule has 16 heavy (non-hydrogen) atoms. The third-order valence-corrected chi connectivity index (χ3v) is 3.62. The maximum atomic E-state index is 10.1. The van der Waals surface area contributed by atoms with Gasteiger partial charge in [-0.25, -0.2) is 0 Å². The Labute approximate surface area is 110 Å². The average Bonchev–Trinajstić information content (AvgIpc) is 2.16. The van der Waals surface area contributed by atoms with Gasteiger partial charge in [-0.05, 0) is 31.0 Å². The normalized spacial score (nSPS) is 14.9. The molecule has 0 bridgehead atoms. The first-order chi connectivity index (χ1) is 7.33. The molecule has 1 aromatic carbocycles. The molecule has 90 valence electrons. The number of hydrogen-bond acceptors (Lipinski definition) is 2. The van der Waals surface area contributed by atoms with E-state index in [1.165, 1.54) is 0 Å². The molecule has 2 N–H and O–H groups in total. The van der Waals surface area contributed by atoms with Crippen molar-refractivity contribution in [3.63, 3.8) is 0 Å². The van der Waals surface area contributed by atoms with Crippen molar-refractivity contribution >= 4 is 33.2 Å². The summed E-state index contributed by atoms with van der Waals surface area (Å²) in [5, 5.41) is 13.9. The summed E-state index contributed by atoms with van der Waals surface area (Å²) in [5.74, 6) is 0.189. The van der Waals surface area contributed by atoms with Crippen molar-refractivity contribution in [1.29, 1.82) is 0 Å². The zero-order valence-corrected chi connectivity index (χ0v) is 12.1. The van der Waals surface area contributed by atoms with E-state index in [2.05, 4.69) is 21.2 Å². The number of aliphatic hydroxyl groups is 1. The Morgan fingerprint density at radius 2 is 2.12 bits per heavy atom. The minimum Gasteiger partial charge on any atom is -0.388 e. The zero-order chi connectivity index (χ0) is 12.3. The van der Waals surface area contributed by atoms with E-state index in [0.717, 1.165) is 10.2 Å². The first-order valence-corrected chi connectivity index (χ1v) is 6.41. The molecule has 0 aromatic heterocycles. The molecule has 0 spiro atoms. The van der Waals surface area contributed by atoms with E-state index < -0.39 is 5.60 Å². The van der Waals surface area contributed by atoms with Crippen molar-refractivity contribution in [2.75, 3.05) is 11.9 Å². The van der Waals surface area contributed by atoms with Crippen molar-refractivity contribution in [2.45, 2.75) is 26.4 Å². The number of anilines is 1. The van der Waals surface area contributed by atoms with Gasteiger partial charge < -0.3 is 10.4 Å². The molecule has 0 radical (unpaired) electrons. The van der Waals surface area contributed by atoms with Crippen LogP contribution in [-0.4, -0.2) is 17.3 Å². The third kappa shape index (κ3) is 3.65. The van der Waals surface area contributed by atoms with E-state index in [1.54, 1.807) is 0 Å². The predicted molar refractivity (Wildman–Crippen MR) is 73.1 cm³/mol. The summed E-state index contributed by atoms with van der Waals surface area (Å²) in [6.07, 6.45) is 0. The Bertz CT molecular complexity index is 366. The predicted octanol–water partition coefficient (Wildman–Crippen LogP) is 3.92. The Hall–Kier alpha value is -0.250. The maximum Gasteiger partial charge on any atom is 0.0813 e. The summed E-state index contributed by atoms with van der Waals surface area (Å²) in [6.45, 7) is 6.28. The molecule has 0 heterocycles. The summed E-state index contributed by atoms with van der Waals surface area (Å²) >= 11 is 9.41. The minimum absolute atomic E-state index is 0.189. The van der Waals surface area contributed by atoms with Crippen molar-refractivity contribution in [3.05, 3.63) is 27.7 Å². The summed E-state index contributed by atoms with van der Waals surface area (Å²) < 4.78 is 0.943. The second-order valence-electron chi connectivity index (χ2n) is 4.49. The van der Waals surface area contributed by atoms with Crippen LogP contribution in [0.3, 0.4) is 0 Å². The second-order valence-corrected chi connectivity index (χ2v) is 5.81. The first kappa shape index (κ1) is 13.8. The number of rotatable bonds is 4. The number of benzene rings is 1. The molecular weight excluding hydrogens is 289 g/mol. The smallest absolute Gasteiger partial charge is 0.0813 e. The topological polar surface area (TPSA) is 32.3 Å². The monoisotopic (exact) mass is 305 g/mol. The molecule has 0 aliphatic rings. The van der Waals surface area contributed by atoms with Gasteiger partial charge in [-0.1, -0.05) is 41.4 Å². The summed E-state index contributed by atoms with van der Waals surface area (Å²) in [6, 6.07) is 5.63. The fourth-order valence-corrected chi connectivity index (χ4v) is 1.85. The van der Waals surface area contributed by atoms with Crippen molar-refractivity contribution in [1.82, 2.24) is 0 Å². The van der Waals surface area contributed by atoms with Gasteiger partial charge in [0.2, 0.25) is 0 Å². The minimum atomic E-state index is -0.740. The molecule has 1 unspecified atom stereocenters. The van der Waals surface area contributed by atoms with Gasteiger partial charge in [0.05, 0.1) is 16.3 Å². The van der Waals surface area contributed by atoms with Gasteiger partial charge in [0, 0.05) is 11.0 Å². The van der Waals surface area contributed by atoms with Crippen LogP contribution in [0.4, 0.5) is 5.69 Å². The van der Waals surface area contributed by atoms with E-state index in [1.807, 2.05) is 39.0 Å². The largest absolute Gasteiger partial charge is 0.388 e. The van der Waals surface area contributed by atoms with Crippen LogP contribution in [-0.2, 0) is 0 Å². The molecule has 0 aliphatic heterocycles. The lowest BCUT2D eigenvalue weighted by atomic mass is 9.92. The third-order valence-electron chi connectivity index (χ3n) is 2.81. The molecule has 1 aromatic rings. The van der Waals surface area contributed by atoms with Crippen LogP contribution >= 0.6 is 27.5 Å². The lowest BCUT2D eigenvalue weighted by molar-refractivity contribution is 0.0266. The Morgan fingerprint density at radius 3 is 2.62 bits per heavy atom. The molecule has 0 fully saturated rings.